The number of ether oxygens (including phenoxy) is 1. The van der Waals surface area contributed by atoms with Crippen LogP contribution in [0.15, 0.2) is 107 Å². The van der Waals surface area contributed by atoms with Crippen molar-refractivity contribution < 1.29 is 9.15 Å². The van der Waals surface area contributed by atoms with E-state index in [1.165, 1.54) is 16.3 Å². The first-order chi connectivity index (χ1) is 20.1. The molecule has 0 amide bonds. The number of fused-ring (bicyclic) bond motifs is 10. The van der Waals surface area contributed by atoms with Gasteiger partial charge in [-0.2, -0.15) is 0 Å². The lowest BCUT2D eigenvalue weighted by atomic mass is 9.91. The number of para-hydroxylation sites is 1. The van der Waals surface area contributed by atoms with Crippen molar-refractivity contribution in [2.45, 2.75) is 24.9 Å². The number of rotatable bonds is 2. The van der Waals surface area contributed by atoms with Crippen LogP contribution in [0, 0.1) is 0 Å². The molecule has 2 aromatic heterocycles. The highest BCUT2D eigenvalue weighted by atomic mass is 16.5. The minimum absolute atomic E-state index is 0.00752. The Morgan fingerprint density at radius 1 is 0.805 bits per heavy atom. The van der Waals surface area contributed by atoms with Gasteiger partial charge in [-0.05, 0) is 60.5 Å². The molecular formula is C36H27N3O2. The molecule has 2 unspecified atom stereocenters. The van der Waals surface area contributed by atoms with E-state index < -0.39 is 0 Å². The van der Waals surface area contributed by atoms with Crippen LogP contribution in [0.2, 0.25) is 0 Å². The normalized spacial score (nSPS) is 18.9. The molecule has 0 radical (unpaired) electrons. The predicted octanol–water partition coefficient (Wildman–Crippen LogP) is 8.00. The third-order valence-electron chi connectivity index (χ3n) is 8.86. The van der Waals surface area contributed by atoms with Crippen LogP contribution in [0.25, 0.3) is 55.7 Å². The highest BCUT2D eigenvalue weighted by Gasteiger charge is 2.35. The maximum absolute atomic E-state index is 6.69. The van der Waals surface area contributed by atoms with Gasteiger partial charge in [0.2, 0.25) is 0 Å². The van der Waals surface area contributed by atoms with Crippen molar-refractivity contribution in [2.75, 3.05) is 5.73 Å². The second kappa shape index (κ2) is 8.18. The molecule has 2 atom stereocenters. The number of allylic oxidation sites excluding steroid dienone is 3. The van der Waals surface area contributed by atoms with Crippen LogP contribution >= 0.6 is 0 Å². The van der Waals surface area contributed by atoms with Crippen molar-refractivity contribution in [3.05, 3.63) is 120 Å². The molecule has 3 aliphatic rings. The van der Waals surface area contributed by atoms with Crippen LogP contribution in [0.5, 0.6) is 5.75 Å². The molecule has 6 aromatic rings. The van der Waals surface area contributed by atoms with Crippen molar-refractivity contribution in [3.8, 4) is 22.6 Å². The first-order valence-electron chi connectivity index (χ1n) is 14.1. The van der Waals surface area contributed by atoms with Gasteiger partial charge in [-0.1, -0.05) is 54.6 Å². The molecule has 0 saturated carbocycles. The Morgan fingerprint density at radius 2 is 1.71 bits per heavy atom. The third kappa shape index (κ3) is 3.17. The number of hydrogen-bond acceptors (Lipinski definition) is 4. The Balaban J connectivity index is 1.34. The Morgan fingerprint density at radius 3 is 2.66 bits per heavy atom. The molecule has 0 spiro atoms. The van der Waals surface area contributed by atoms with Gasteiger partial charge in [0.25, 0.3) is 0 Å². The fourth-order valence-corrected chi connectivity index (χ4v) is 6.97. The lowest BCUT2D eigenvalue weighted by molar-refractivity contribution is 0.271. The SMILES string of the molecule is NC1=Cc2c(oc3ccc(-c4cc(N)ccc4-n4c5ccccc5c5ccc6c(c54)OC4C=CC=CC64)cc23)CC1. The van der Waals surface area contributed by atoms with Gasteiger partial charge in [0, 0.05) is 56.6 Å². The smallest absolute Gasteiger partial charge is 0.148 e. The fraction of sp³-hybridized carbons (Fsp3) is 0.111. The molecule has 0 saturated heterocycles. The van der Waals surface area contributed by atoms with E-state index in [0.717, 1.165) is 74.4 Å². The molecular weight excluding hydrogens is 506 g/mol. The van der Waals surface area contributed by atoms with Crippen molar-refractivity contribution in [3.63, 3.8) is 0 Å². The maximum atomic E-state index is 6.69. The molecule has 41 heavy (non-hydrogen) atoms. The average molecular weight is 534 g/mol. The van der Waals surface area contributed by atoms with Crippen LogP contribution in [-0.2, 0) is 6.42 Å². The first-order valence-corrected chi connectivity index (χ1v) is 14.1. The molecule has 5 heteroatoms. The van der Waals surface area contributed by atoms with Crippen LogP contribution in [0.4, 0.5) is 5.69 Å². The van der Waals surface area contributed by atoms with Crippen LogP contribution < -0.4 is 16.2 Å². The summed E-state index contributed by atoms with van der Waals surface area (Å²) in [6.45, 7) is 0. The number of aryl methyl sites for hydroxylation is 1. The lowest BCUT2D eigenvalue weighted by Crippen LogP contribution is -2.15. The standard InChI is InChI=1S/C36H27N3O2/c37-21-10-14-31(27(18-21)20-9-15-33-28(17-20)29-19-22(38)11-16-34(29)40-33)39-30-7-3-1-5-23(30)25-12-13-26-24-6-2-4-8-32(24)41-36(26)35(25)39/h1-10,12-15,17-19,24,32H,11,16,37-38H2. The van der Waals surface area contributed by atoms with Crippen LogP contribution in [0.1, 0.15) is 29.2 Å². The van der Waals surface area contributed by atoms with Gasteiger partial charge in [-0.3, -0.25) is 0 Å². The minimum Gasteiger partial charge on any atom is -0.483 e. The molecule has 9 rings (SSSR count). The largest absolute Gasteiger partial charge is 0.483 e. The average Bonchev–Trinajstić information content (AvgIpc) is 3.66. The summed E-state index contributed by atoms with van der Waals surface area (Å²) in [5, 5.41) is 3.44. The van der Waals surface area contributed by atoms with E-state index in [1.54, 1.807) is 0 Å². The molecule has 3 heterocycles. The number of furan rings is 1. The molecule has 0 bridgehead atoms. The van der Waals surface area contributed by atoms with E-state index >= 15 is 0 Å². The maximum Gasteiger partial charge on any atom is 0.148 e. The molecule has 4 N–H and O–H groups in total. The summed E-state index contributed by atoms with van der Waals surface area (Å²) in [5.41, 5.74) is 22.8. The highest BCUT2D eigenvalue weighted by Crippen LogP contribution is 2.49. The minimum atomic E-state index is 0.00752. The van der Waals surface area contributed by atoms with Gasteiger partial charge in [0.1, 0.15) is 23.2 Å². The number of aromatic nitrogens is 1. The second-order valence-electron chi connectivity index (χ2n) is 11.3. The number of nitrogens with zero attached hydrogens (tertiary/aromatic N) is 1. The number of benzene rings is 4. The monoisotopic (exact) mass is 533 g/mol. The summed E-state index contributed by atoms with van der Waals surface area (Å²) in [4.78, 5) is 0. The molecule has 4 aromatic carbocycles. The molecule has 0 fully saturated rings. The number of nitrogen functional groups attached to an aromatic ring is 1. The molecule has 1 aliphatic heterocycles. The van der Waals surface area contributed by atoms with E-state index in [1.807, 2.05) is 6.07 Å². The number of hydrogen-bond donors (Lipinski definition) is 2. The van der Waals surface area contributed by atoms with Crippen LogP contribution in [-0.4, -0.2) is 10.7 Å². The fourth-order valence-electron chi connectivity index (χ4n) is 6.97. The Bertz CT molecular complexity index is 2170. The van der Waals surface area contributed by atoms with E-state index in [4.69, 9.17) is 20.6 Å². The quantitative estimate of drug-likeness (QED) is 0.221. The summed E-state index contributed by atoms with van der Waals surface area (Å²) < 4.78 is 15.3. The Kier molecular flexibility index (Phi) is 4.52. The zero-order valence-corrected chi connectivity index (χ0v) is 22.3. The van der Waals surface area contributed by atoms with Crippen molar-refractivity contribution in [2.24, 2.45) is 5.73 Å². The highest BCUT2D eigenvalue weighted by molar-refractivity contribution is 6.12. The summed E-state index contributed by atoms with van der Waals surface area (Å²) in [6.07, 6.45) is 12.3. The number of nitrogens with two attached hydrogens (primary N) is 2. The summed E-state index contributed by atoms with van der Waals surface area (Å²) in [6, 6.07) is 25.7. The van der Waals surface area contributed by atoms with E-state index in [-0.39, 0.29) is 12.0 Å². The number of anilines is 1. The topological polar surface area (TPSA) is 79.3 Å². The van der Waals surface area contributed by atoms with E-state index in [9.17, 15) is 0 Å². The van der Waals surface area contributed by atoms with E-state index in [0.29, 0.717) is 5.69 Å². The Labute approximate surface area is 236 Å². The van der Waals surface area contributed by atoms with Gasteiger partial charge in [-0.15, -0.1) is 0 Å². The van der Waals surface area contributed by atoms with Crippen molar-refractivity contribution in [1.82, 2.24) is 4.57 Å². The zero-order chi connectivity index (χ0) is 27.2. The van der Waals surface area contributed by atoms with Crippen LogP contribution in [0.3, 0.4) is 0 Å². The van der Waals surface area contributed by atoms with Gasteiger partial charge >= 0.3 is 0 Å². The van der Waals surface area contributed by atoms with E-state index in [2.05, 4.69) is 102 Å². The summed E-state index contributed by atoms with van der Waals surface area (Å²) >= 11 is 0. The van der Waals surface area contributed by atoms with Gasteiger partial charge < -0.3 is 25.2 Å². The zero-order valence-electron chi connectivity index (χ0n) is 22.3. The van der Waals surface area contributed by atoms with Crippen molar-refractivity contribution >= 4 is 44.5 Å². The molecule has 2 aliphatic carbocycles. The predicted molar refractivity (Wildman–Crippen MR) is 166 cm³/mol. The van der Waals surface area contributed by atoms with Gasteiger partial charge in [0.15, 0.2) is 0 Å². The first kappa shape index (κ1) is 22.6. The van der Waals surface area contributed by atoms with Gasteiger partial charge in [-0.25, -0.2) is 0 Å². The second-order valence-corrected chi connectivity index (χ2v) is 11.3. The third-order valence-corrected chi connectivity index (χ3v) is 8.86. The summed E-state index contributed by atoms with van der Waals surface area (Å²) in [5.74, 6) is 2.17. The lowest BCUT2D eigenvalue weighted by Gasteiger charge is -2.16. The summed E-state index contributed by atoms with van der Waals surface area (Å²) in [7, 11) is 0. The van der Waals surface area contributed by atoms with Gasteiger partial charge in [0.05, 0.1) is 16.7 Å². The Hall–Kier alpha value is -5.16. The molecule has 5 nitrogen and oxygen atoms in total. The molecule has 198 valence electrons. The van der Waals surface area contributed by atoms with Crippen molar-refractivity contribution in [1.29, 1.82) is 0 Å².